The van der Waals surface area contributed by atoms with Gasteiger partial charge in [-0.3, -0.25) is 4.79 Å². The summed E-state index contributed by atoms with van der Waals surface area (Å²) in [6.45, 7) is 6.35. The van der Waals surface area contributed by atoms with Crippen LogP contribution >= 0.6 is 11.6 Å². The molecule has 0 aromatic heterocycles. The third-order valence-electron chi connectivity index (χ3n) is 4.38. The summed E-state index contributed by atoms with van der Waals surface area (Å²) in [5.74, 6) is 0.929. The Hall–Kier alpha value is -1.30. The van der Waals surface area contributed by atoms with E-state index in [1.807, 2.05) is 32.2 Å². The fraction of sp³-hybridized carbons (Fsp3) is 0.611. The molecule has 2 rings (SSSR count). The molecule has 0 aliphatic carbocycles. The van der Waals surface area contributed by atoms with Gasteiger partial charge in [0.15, 0.2) is 0 Å². The molecule has 1 aliphatic rings. The molecule has 24 heavy (non-hydrogen) atoms. The number of halogens is 1. The summed E-state index contributed by atoms with van der Waals surface area (Å²) >= 11 is 6.15. The first kappa shape index (κ1) is 19.0. The summed E-state index contributed by atoms with van der Waals surface area (Å²) in [7, 11) is 3.53. The zero-order valence-electron chi connectivity index (χ0n) is 14.8. The number of carbonyl (C=O) groups is 1. The Labute approximate surface area is 149 Å². The van der Waals surface area contributed by atoms with Crippen molar-refractivity contribution >= 4 is 17.5 Å². The highest BCUT2D eigenvalue weighted by atomic mass is 35.5. The standard InChI is InChI=1S/C18H27ClN2O3/c1-14-4-5-17(16(19)12-14)24-11-8-20(2)18(22)15-6-7-21(13-15)9-10-23-3/h4-5,12,15H,6-11,13H2,1-3H3/t15-/m1/s1. The van der Waals surface area contributed by atoms with Gasteiger partial charge in [0.2, 0.25) is 5.91 Å². The Morgan fingerprint density at radius 1 is 1.42 bits per heavy atom. The van der Waals surface area contributed by atoms with E-state index in [0.717, 1.165) is 31.6 Å². The van der Waals surface area contributed by atoms with Gasteiger partial charge < -0.3 is 19.3 Å². The van der Waals surface area contributed by atoms with Crippen molar-refractivity contribution in [3.05, 3.63) is 28.8 Å². The number of carbonyl (C=O) groups excluding carboxylic acids is 1. The molecule has 5 nitrogen and oxygen atoms in total. The number of hydrogen-bond acceptors (Lipinski definition) is 4. The van der Waals surface area contributed by atoms with Crippen molar-refractivity contribution in [1.82, 2.24) is 9.80 Å². The summed E-state index contributed by atoms with van der Waals surface area (Å²) < 4.78 is 10.8. The number of likely N-dealkylation sites (tertiary alicyclic amines) is 1. The van der Waals surface area contributed by atoms with E-state index in [1.165, 1.54) is 0 Å². The van der Waals surface area contributed by atoms with E-state index in [2.05, 4.69) is 4.90 Å². The molecule has 0 spiro atoms. The maximum absolute atomic E-state index is 12.5. The van der Waals surface area contributed by atoms with Gasteiger partial charge in [0.05, 0.1) is 24.1 Å². The molecule has 1 fully saturated rings. The van der Waals surface area contributed by atoms with Crippen molar-refractivity contribution in [2.24, 2.45) is 5.92 Å². The van der Waals surface area contributed by atoms with Crippen molar-refractivity contribution in [3.8, 4) is 5.75 Å². The highest BCUT2D eigenvalue weighted by Crippen LogP contribution is 2.25. The lowest BCUT2D eigenvalue weighted by Crippen LogP contribution is -2.37. The average Bonchev–Trinajstić information content (AvgIpc) is 3.03. The topological polar surface area (TPSA) is 42.0 Å². The molecule has 134 valence electrons. The molecule has 1 aromatic carbocycles. The van der Waals surface area contributed by atoms with Crippen LogP contribution in [0.2, 0.25) is 5.02 Å². The molecule has 1 amide bonds. The second-order valence-corrected chi connectivity index (χ2v) is 6.73. The van der Waals surface area contributed by atoms with Gasteiger partial charge in [0, 0.05) is 27.2 Å². The van der Waals surface area contributed by atoms with E-state index in [4.69, 9.17) is 21.1 Å². The van der Waals surface area contributed by atoms with Crippen LogP contribution in [0.5, 0.6) is 5.75 Å². The predicted molar refractivity (Wildman–Crippen MR) is 95.7 cm³/mol. The van der Waals surface area contributed by atoms with Gasteiger partial charge >= 0.3 is 0 Å². The number of rotatable bonds is 8. The van der Waals surface area contributed by atoms with Crippen LogP contribution in [-0.4, -0.2) is 69.3 Å². The van der Waals surface area contributed by atoms with Crippen molar-refractivity contribution in [2.75, 3.05) is 53.6 Å². The second-order valence-electron chi connectivity index (χ2n) is 6.32. The molecule has 1 aliphatic heterocycles. The predicted octanol–water partition coefficient (Wildman–Crippen LogP) is 2.45. The third kappa shape index (κ3) is 5.36. The van der Waals surface area contributed by atoms with Crippen LogP contribution in [-0.2, 0) is 9.53 Å². The molecule has 6 heteroatoms. The maximum atomic E-state index is 12.5. The summed E-state index contributed by atoms with van der Waals surface area (Å²) in [5, 5.41) is 0.605. The number of methoxy groups -OCH3 is 1. The van der Waals surface area contributed by atoms with E-state index < -0.39 is 0 Å². The molecule has 0 radical (unpaired) electrons. The van der Waals surface area contributed by atoms with Gasteiger partial charge in [-0.2, -0.15) is 0 Å². The first-order valence-electron chi connectivity index (χ1n) is 8.36. The molecule has 0 unspecified atom stereocenters. The van der Waals surface area contributed by atoms with E-state index in [0.29, 0.717) is 30.5 Å². The number of hydrogen-bond donors (Lipinski definition) is 0. The molecule has 1 aromatic rings. The van der Waals surface area contributed by atoms with Crippen LogP contribution in [0.15, 0.2) is 18.2 Å². The highest BCUT2D eigenvalue weighted by Gasteiger charge is 2.29. The van der Waals surface area contributed by atoms with Gasteiger partial charge in [-0.15, -0.1) is 0 Å². The fourth-order valence-electron chi connectivity index (χ4n) is 2.90. The molecular formula is C18H27ClN2O3. The molecule has 1 saturated heterocycles. The number of aryl methyl sites for hydroxylation is 1. The summed E-state index contributed by atoms with van der Waals surface area (Å²) in [6.07, 6.45) is 0.914. The number of likely N-dealkylation sites (N-methyl/N-ethyl adjacent to an activating group) is 1. The van der Waals surface area contributed by atoms with E-state index in [1.54, 1.807) is 12.0 Å². The minimum atomic E-state index is 0.0785. The summed E-state index contributed by atoms with van der Waals surface area (Å²) in [6, 6.07) is 5.70. The number of benzene rings is 1. The molecule has 1 atom stereocenters. The van der Waals surface area contributed by atoms with Gasteiger partial charge in [-0.1, -0.05) is 17.7 Å². The quantitative estimate of drug-likeness (QED) is 0.719. The normalized spacial score (nSPS) is 17.9. The first-order valence-corrected chi connectivity index (χ1v) is 8.74. The maximum Gasteiger partial charge on any atom is 0.226 e. The minimum Gasteiger partial charge on any atom is -0.490 e. The monoisotopic (exact) mass is 354 g/mol. The highest BCUT2D eigenvalue weighted by molar-refractivity contribution is 6.32. The average molecular weight is 355 g/mol. The van der Waals surface area contributed by atoms with E-state index >= 15 is 0 Å². The van der Waals surface area contributed by atoms with Crippen LogP contribution < -0.4 is 4.74 Å². The molecule has 0 N–H and O–H groups in total. The molecule has 0 saturated carbocycles. The van der Waals surface area contributed by atoms with E-state index in [-0.39, 0.29) is 11.8 Å². The molecule has 1 heterocycles. The molecular weight excluding hydrogens is 328 g/mol. The summed E-state index contributed by atoms with van der Waals surface area (Å²) in [4.78, 5) is 16.5. The van der Waals surface area contributed by atoms with Gasteiger partial charge in [-0.05, 0) is 37.6 Å². The third-order valence-corrected chi connectivity index (χ3v) is 4.68. The SMILES string of the molecule is COCCN1CC[C@@H](C(=O)N(C)CCOc2ccc(C)cc2Cl)C1. The Balaban J connectivity index is 1.74. The Bertz CT molecular complexity index is 553. The minimum absolute atomic E-state index is 0.0785. The van der Waals surface area contributed by atoms with Gasteiger partial charge in [0.25, 0.3) is 0 Å². The largest absolute Gasteiger partial charge is 0.490 e. The van der Waals surface area contributed by atoms with Crippen LogP contribution in [0.3, 0.4) is 0 Å². The van der Waals surface area contributed by atoms with Crippen LogP contribution in [0.25, 0.3) is 0 Å². The van der Waals surface area contributed by atoms with Crippen LogP contribution in [0.1, 0.15) is 12.0 Å². The second kappa shape index (κ2) is 9.25. The molecule has 0 bridgehead atoms. The first-order chi connectivity index (χ1) is 11.5. The lowest BCUT2D eigenvalue weighted by Gasteiger charge is -2.22. The smallest absolute Gasteiger partial charge is 0.226 e. The van der Waals surface area contributed by atoms with Crippen molar-refractivity contribution in [3.63, 3.8) is 0 Å². The van der Waals surface area contributed by atoms with Gasteiger partial charge in [-0.25, -0.2) is 0 Å². The lowest BCUT2D eigenvalue weighted by molar-refractivity contribution is -0.134. The van der Waals surface area contributed by atoms with Crippen LogP contribution in [0.4, 0.5) is 0 Å². The Kier molecular flexibility index (Phi) is 7.34. The van der Waals surface area contributed by atoms with E-state index in [9.17, 15) is 4.79 Å². The van der Waals surface area contributed by atoms with Crippen molar-refractivity contribution < 1.29 is 14.3 Å². The number of amides is 1. The zero-order valence-corrected chi connectivity index (χ0v) is 15.5. The zero-order chi connectivity index (χ0) is 17.5. The van der Waals surface area contributed by atoms with Crippen molar-refractivity contribution in [2.45, 2.75) is 13.3 Å². The summed E-state index contributed by atoms with van der Waals surface area (Å²) in [5.41, 5.74) is 1.10. The Morgan fingerprint density at radius 3 is 2.92 bits per heavy atom. The number of ether oxygens (including phenoxy) is 2. The lowest BCUT2D eigenvalue weighted by atomic mass is 10.1. The van der Waals surface area contributed by atoms with Crippen LogP contribution in [0, 0.1) is 12.8 Å². The van der Waals surface area contributed by atoms with Gasteiger partial charge in [0.1, 0.15) is 12.4 Å². The number of nitrogens with zero attached hydrogens (tertiary/aromatic N) is 2. The van der Waals surface area contributed by atoms with Crippen molar-refractivity contribution in [1.29, 1.82) is 0 Å². The Morgan fingerprint density at radius 2 is 2.21 bits per heavy atom. The fourth-order valence-corrected chi connectivity index (χ4v) is 3.18.